The first kappa shape index (κ1) is 24.7. The Bertz CT molecular complexity index is 1510. The zero-order valence-corrected chi connectivity index (χ0v) is 19.5. The first-order chi connectivity index (χ1) is 17.0. The van der Waals surface area contributed by atoms with E-state index in [-0.39, 0.29) is 23.5 Å². The fourth-order valence-corrected chi connectivity index (χ4v) is 3.95. The highest BCUT2D eigenvalue weighted by molar-refractivity contribution is 5.92. The van der Waals surface area contributed by atoms with E-state index in [0.717, 1.165) is 17.8 Å². The second-order valence-electron chi connectivity index (χ2n) is 8.22. The number of hydrogen-bond donors (Lipinski definition) is 2. The van der Waals surface area contributed by atoms with Gasteiger partial charge in [0.2, 0.25) is 0 Å². The molecule has 0 unspecified atom stereocenters. The van der Waals surface area contributed by atoms with Crippen LogP contribution in [0.5, 0.6) is 0 Å². The van der Waals surface area contributed by atoms with Crippen LogP contribution in [0.4, 0.5) is 17.6 Å². The minimum absolute atomic E-state index is 0.0560. The van der Waals surface area contributed by atoms with E-state index >= 15 is 0 Å². The largest absolute Gasteiger partial charge is 0.417 e. The molecule has 0 saturated heterocycles. The fourth-order valence-electron chi connectivity index (χ4n) is 3.95. The standard InChI is InChI=1S/C25H20F4N6O/c1-13-8-22(33-32-13)24(36)31-12-18-5-4-16(9-21(18)26)23-14(2)34-35(15(23)3)19-7-6-17(11-30)20(10-19)25(27,28)29/h4-10H,12H2,1-3H3,(H,31,36)(H,32,33). The van der Waals surface area contributed by atoms with Crippen molar-refractivity contribution in [1.82, 2.24) is 25.3 Å². The molecular formula is C25H20F4N6O. The molecule has 0 bridgehead atoms. The Morgan fingerprint density at radius 2 is 1.89 bits per heavy atom. The number of nitriles is 1. The van der Waals surface area contributed by atoms with E-state index in [0.29, 0.717) is 22.5 Å². The van der Waals surface area contributed by atoms with Gasteiger partial charge >= 0.3 is 6.18 Å². The van der Waals surface area contributed by atoms with Gasteiger partial charge < -0.3 is 5.32 Å². The van der Waals surface area contributed by atoms with E-state index in [1.807, 2.05) is 0 Å². The molecule has 0 aliphatic heterocycles. The Hall–Kier alpha value is -4.46. The third-order valence-electron chi connectivity index (χ3n) is 5.68. The van der Waals surface area contributed by atoms with Crippen LogP contribution in [0.25, 0.3) is 16.8 Å². The van der Waals surface area contributed by atoms with Crippen molar-refractivity contribution in [3.63, 3.8) is 0 Å². The van der Waals surface area contributed by atoms with Crippen molar-refractivity contribution >= 4 is 5.91 Å². The molecule has 0 atom stereocenters. The lowest BCUT2D eigenvalue weighted by atomic mass is 10.0. The Balaban J connectivity index is 1.62. The molecule has 11 heteroatoms. The van der Waals surface area contributed by atoms with Crippen LogP contribution in [0.3, 0.4) is 0 Å². The zero-order valence-electron chi connectivity index (χ0n) is 19.5. The summed E-state index contributed by atoms with van der Waals surface area (Å²) in [5.41, 5.74) is 1.78. The van der Waals surface area contributed by atoms with Crippen LogP contribution < -0.4 is 5.32 Å². The summed E-state index contributed by atoms with van der Waals surface area (Å²) in [6.45, 7) is 5.04. The maximum absolute atomic E-state index is 14.9. The second-order valence-corrected chi connectivity index (χ2v) is 8.22. The van der Waals surface area contributed by atoms with Crippen LogP contribution in [0.1, 0.15) is 44.3 Å². The van der Waals surface area contributed by atoms with E-state index in [9.17, 15) is 22.4 Å². The highest BCUT2D eigenvalue weighted by Crippen LogP contribution is 2.35. The Labute approximate surface area is 203 Å². The number of carbonyl (C=O) groups is 1. The normalized spacial score (nSPS) is 11.4. The van der Waals surface area contributed by atoms with E-state index in [1.165, 1.54) is 22.9 Å². The Morgan fingerprint density at radius 3 is 2.50 bits per heavy atom. The molecule has 2 aromatic carbocycles. The van der Waals surface area contributed by atoms with Crippen molar-refractivity contribution in [1.29, 1.82) is 5.26 Å². The molecule has 0 saturated carbocycles. The fraction of sp³-hybridized carbons (Fsp3) is 0.200. The zero-order chi connectivity index (χ0) is 26.2. The number of hydrogen-bond acceptors (Lipinski definition) is 4. The SMILES string of the molecule is Cc1cc(C(=O)NCc2ccc(-c3c(C)nn(-c4ccc(C#N)c(C(F)(F)F)c4)c3C)cc2F)n[nH]1. The van der Waals surface area contributed by atoms with Crippen LogP contribution >= 0.6 is 0 Å². The summed E-state index contributed by atoms with van der Waals surface area (Å²) in [5.74, 6) is -1.01. The van der Waals surface area contributed by atoms with Crippen molar-refractivity contribution in [2.75, 3.05) is 0 Å². The summed E-state index contributed by atoms with van der Waals surface area (Å²) in [6.07, 6.45) is -4.70. The maximum atomic E-state index is 14.9. The molecule has 36 heavy (non-hydrogen) atoms. The number of nitrogens with zero attached hydrogens (tertiary/aromatic N) is 4. The third kappa shape index (κ3) is 4.70. The smallest absolute Gasteiger partial charge is 0.346 e. The topological polar surface area (TPSA) is 99.4 Å². The molecule has 4 rings (SSSR count). The number of amides is 1. The van der Waals surface area contributed by atoms with E-state index in [2.05, 4.69) is 20.6 Å². The number of rotatable bonds is 5. The third-order valence-corrected chi connectivity index (χ3v) is 5.68. The molecule has 2 N–H and O–H groups in total. The first-order valence-electron chi connectivity index (χ1n) is 10.8. The minimum Gasteiger partial charge on any atom is -0.346 e. The molecule has 0 radical (unpaired) electrons. The molecule has 184 valence electrons. The summed E-state index contributed by atoms with van der Waals surface area (Å²) < 4.78 is 56.5. The maximum Gasteiger partial charge on any atom is 0.417 e. The summed E-state index contributed by atoms with van der Waals surface area (Å²) >= 11 is 0. The van der Waals surface area contributed by atoms with Gasteiger partial charge in [-0.1, -0.05) is 12.1 Å². The molecule has 2 aromatic heterocycles. The number of aromatic nitrogens is 4. The lowest BCUT2D eigenvalue weighted by Gasteiger charge is -2.12. The van der Waals surface area contributed by atoms with Gasteiger partial charge in [0, 0.05) is 29.1 Å². The van der Waals surface area contributed by atoms with Crippen molar-refractivity contribution in [2.24, 2.45) is 0 Å². The van der Waals surface area contributed by atoms with Gasteiger partial charge in [-0.15, -0.1) is 0 Å². The van der Waals surface area contributed by atoms with Gasteiger partial charge in [0.25, 0.3) is 5.91 Å². The summed E-state index contributed by atoms with van der Waals surface area (Å²) in [6, 6.07) is 11.0. The highest BCUT2D eigenvalue weighted by Gasteiger charge is 2.34. The lowest BCUT2D eigenvalue weighted by Crippen LogP contribution is -2.23. The number of aryl methyl sites for hydroxylation is 2. The van der Waals surface area contributed by atoms with Crippen LogP contribution in [0.15, 0.2) is 42.5 Å². The van der Waals surface area contributed by atoms with Crippen LogP contribution in [-0.4, -0.2) is 25.9 Å². The number of H-pyrrole nitrogens is 1. The summed E-state index contributed by atoms with van der Waals surface area (Å²) in [4.78, 5) is 12.2. The van der Waals surface area contributed by atoms with Crippen molar-refractivity contribution in [3.8, 4) is 22.9 Å². The van der Waals surface area contributed by atoms with Crippen molar-refractivity contribution < 1.29 is 22.4 Å². The molecule has 2 heterocycles. The predicted octanol–water partition coefficient (Wildman–Crippen LogP) is 5.15. The molecule has 7 nitrogen and oxygen atoms in total. The molecule has 0 aliphatic rings. The highest BCUT2D eigenvalue weighted by atomic mass is 19.4. The van der Waals surface area contributed by atoms with Gasteiger partial charge in [-0.05, 0) is 56.7 Å². The molecule has 1 amide bonds. The van der Waals surface area contributed by atoms with Gasteiger partial charge in [-0.25, -0.2) is 9.07 Å². The van der Waals surface area contributed by atoms with Gasteiger partial charge in [-0.2, -0.15) is 28.6 Å². The number of nitrogens with one attached hydrogen (secondary N) is 2. The van der Waals surface area contributed by atoms with E-state index in [4.69, 9.17) is 5.26 Å². The average molecular weight is 496 g/mol. The number of halogens is 4. The molecule has 0 aliphatic carbocycles. The average Bonchev–Trinajstić information content (AvgIpc) is 3.39. The molecule has 4 aromatic rings. The Morgan fingerprint density at radius 1 is 1.14 bits per heavy atom. The van der Waals surface area contributed by atoms with Crippen LogP contribution in [0.2, 0.25) is 0 Å². The van der Waals surface area contributed by atoms with Gasteiger partial charge in [-0.3, -0.25) is 9.89 Å². The lowest BCUT2D eigenvalue weighted by molar-refractivity contribution is -0.137. The molecular weight excluding hydrogens is 476 g/mol. The van der Waals surface area contributed by atoms with Crippen LogP contribution in [-0.2, 0) is 12.7 Å². The van der Waals surface area contributed by atoms with E-state index in [1.54, 1.807) is 39.0 Å². The predicted molar refractivity (Wildman–Crippen MR) is 123 cm³/mol. The quantitative estimate of drug-likeness (QED) is 0.374. The van der Waals surface area contributed by atoms with Crippen molar-refractivity contribution in [3.05, 3.63) is 87.7 Å². The van der Waals surface area contributed by atoms with Crippen molar-refractivity contribution in [2.45, 2.75) is 33.5 Å². The monoisotopic (exact) mass is 496 g/mol. The molecule has 0 fully saturated rings. The number of aromatic amines is 1. The summed E-state index contributed by atoms with van der Waals surface area (Å²) in [7, 11) is 0. The number of benzene rings is 2. The van der Waals surface area contributed by atoms with Gasteiger partial charge in [0.05, 0.1) is 28.6 Å². The number of carbonyl (C=O) groups excluding carboxylic acids is 1. The Kier molecular flexibility index (Phi) is 6.37. The molecule has 0 spiro atoms. The summed E-state index contributed by atoms with van der Waals surface area (Å²) in [5, 5.41) is 22.5. The van der Waals surface area contributed by atoms with Crippen LogP contribution in [0, 0.1) is 37.9 Å². The van der Waals surface area contributed by atoms with Gasteiger partial charge in [0.1, 0.15) is 11.5 Å². The van der Waals surface area contributed by atoms with Gasteiger partial charge in [0.15, 0.2) is 0 Å². The minimum atomic E-state index is -4.70. The van der Waals surface area contributed by atoms with E-state index < -0.39 is 29.0 Å². The first-order valence-corrected chi connectivity index (χ1v) is 10.8. The number of alkyl halides is 3. The second kappa shape index (κ2) is 9.30.